The summed E-state index contributed by atoms with van der Waals surface area (Å²) in [7, 11) is -0.846. The third kappa shape index (κ3) is 4.76. The van der Waals surface area contributed by atoms with Crippen molar-refractivity contribution in [3.63, 3.8) is 0 Å². The van der Waals surface area contributed by atoms with E-state index in [0.29, 0.717) is 11.1 Å². The second-order valence-corrected chi connectivity index (χ2v) is 9.35. The molecule has 0 saturated heterocycles. The summed E-state index contributed by atoms with van der Waals surface area (Å²) in [6.45, 7) is 7.97. The fourth-order valence-corrected chi connectivity index (χ4v) is 4.06. The second-order valence-electron chi connectivity index (χ2n) is 7.20. The zero-order chi connectivity index (χ0) is 21.9. The summed E-state index contributed by atoms with van der Waals surface area (Å²) in [5.74, 6) is -1.02. The molecule has 0 fully saturated rings. The molecule has 2 rings (SSSR count). The summed E-state index contributed by atoms with van der Waals surface area (Å²) >= 11 is 0. The van der Waals surface area contributed by atoms with E-state index in [-0.39, 0.29) is 16.2 Å². The van der Waals surface area contributed by atoms with E-state index < -0.39 is 22.6 Å². The number of hydrogen-bond donors (Lipinski definition) is 0. The molecule has 0 aliphatic carbocycles. The van der Waals surface area contributed by atoms with Crippen LogP contribution in [0, 0.1) is 20.8 Å². The van der Waals surface area contributed by atoms with E-state index in [1.807, 2.05) is 13.8 Å². The lowest BCUT2D eigenvalue weighted by Gasteiger charge is -2.13. The third-order valence-corrected chi connectivity index (χ3v) is 6.67. The van der Waals surface area contributed by atoms with Gasteiger partial charge in [0.2, 0.25) is 15.8 Å². The molecule has 0 aliphatic heterocycles. The number of benzene rings is 1. The maximum atomic E-state index is 12.6. The van der Waals surface area contributed by atoms with Crippen molar-refractivity contribution in [2.45, 2.75) is 45.6 Å². The maximum Gasteiger partial charge on any atom is 0.338 e. The first kappa shape index (κ1) is 22.8. The fourth-order valence-electron chi connectivity index (χ4n) is 3.13. The molecule has 0 N–H and O–H groups in total. The van der Waals surface area contributed by atoms with Crippen LogP contribution in [-0.2, 0) is 21.3 Å². The highest BCUT2D eigenvalue weighted by atomic mass is 32.2. The number of carbonyl (C=O) groups is 2. The van der Waals surface area contributed by atoms with Gasteiger partial charge in [-0.2, -0.15) is 0 Å². The number of nitrogens with zero attached hydrogens (tertiary/aromatic N) is 2. The lowest BCUT2D eigenvalue weighted by atomic mass is 10.1. The molecule has 0 bridgehead atoms. The van der Waals surface area contributed by atoms with Crippen molar-refractivity contribution in [2.24, 2.45) is 0 Å². The van der Waals surface area contributed by atoms with Crippen LogP contribution in [0.5, 0.6) is 0 Å². The SMILES string of the molecule is CCCn1c(C)cc(C(=O)COC(=O)c2cc(S(=O)(=O)N(C)C)ccc2C)c1C. The number of aromatic nitrogens is 1. The zero-order valence-corrected chi connectivity index (χ0v) is 18.6. The standard InChI is InChI=1S/C21H28N2O5S/c1-7-10-23-15(3)11-19(16(23)4)20(24)13-28-21(25)18-12-17(9-8-14(18)2)29(26,27)22(5)6/h8-9,11-12H,7,10,13H2,1-6H3. The third-order valence-electron chi connectivity index (χ3n) is 4.86. The van der Waals surface area contributed by atoms with Crippen molar-refractivity contribution in [1.29, 1.82) is 0 Å². The van der Waals surface area contributed by atoms with Crippen LogP contribution in [0.4, 0.5) is 0 Å². The van der Waals surface area contributed by atoms with Crippen LogP contribution in [0.25, 0.3) is 0 Å². The highest BCUT2D eigenvalue weighted by Gasteiger charge is 2.22. The number of sulfonamides is 1. The number of carbonyl (C=O) groups excluding carboxylic acids is 2. The molecule has 7 nitrogen and oxygen atoms in total. The van der Waals surface area contributed by atoms with E-state index in [0.717, 1.165) is 28.7 Å². The highest BCUT2D eigenvalue weighted by molar-refractivity contribution is 7.89. The van der Waals surface area contributed by atoms with Crippen molar-refractivity contribution >= 4 is 21.8 Å². The van der Waals surface area contributed by atoms with Gasteiger partial charge in [-0.15, -0.1) is 0 Å². The van der Waals surface area contributed by atoms with Crippen molar-refractivity contribution in [2.75, 3.05) is 20.7 Å². The number of ketones is 1. The lowest BCUT2D eigenvalue weighted by molar-refractivity contribution is 0.0473. The zero-order valence-electron chi connectivity index (χ0n) is 17.8. The molecule has 0 unspecified atom stereocenters. The second kappa shape index (κ2) is 8.92. The molecule has 0 amide bonds. The molecule has 1 heterocycles. The number of Topliss-reactive ketones (excluding diaryl/α,β-unsaturated/α-hetero) is 1. The number of aryl methyl sites for hydroxylation is 2. The van der Waals surface area contributed by atoms with Gasteiger partial charge in [-0.25, -0.2) is 17.5 Å². The molecule has 0 saturated carbocycles. The normalized spacial score (nSPS) is 11.7. The molecule has 0 radical (unpaired) electrons. The Bertz CT molecular complexity index is 1040. The minimum atomic E-state index is -3.68. The predicted octanol–water partition coefficient (Wildman–Crippen LogP) is 3.11. The molecule has 158 valence electrons. The Hall–Kier alpha value is -2.45. The van der Waals surface area contributed by atoms with E-state index in [1.165, 1.54) is 26.2 Å². The van der Waals surface area contributed by atoms with Crippen LogP contribution in [0.1, 0.15) is 51.0 Å². The predicted molar refractivity (Wildman–Crippen MR) is 111 cm³/mol. The van der Waals surface area contributed by atoms with E-state index in [9.17, 15) is 18.0 Å². The van der Waals surface area contributed by atoms with E-state index in [4.69, 9.17) is 4.74 Å². The first-order valence-corrected chi connectivity index (χ1v) is 10.8. The Morgan fingerprint density at radius 1 is 1.07 bits per heavy atom. The Labute approximate surface area is 172 Å². The van der Waals surface area contributed by atoms with Gasteiger partial charge in [-0.3, -0.25) is 4.79 Å². The molecule has 29 heavy (non-hydrogen) atoms. The molecular weight excluding hydrogens is 392 g/mol. The summed E-state index contributed by atoms with van der Waals surface area (Å²) in [5, 5.41) is 0. The fraction of sp³-hybridized carbons (Fsp3) is 0.429. The van der Waals surface area contributed by atoms with Gasteiger partial charge in [0.25, 0.3) is 0 Å². The summed E-state index contributed by atoms with van der Waals surface area (Å²) < 4.78 is 33.0. The Morgan fingerprint density at radius 3 is 2.31 bits per heavy atom. The van der Waals surface area contributed by atoms with Gasteiger partial charge in [0.15, 0.2) is 6.61 Å². The van der Waals surface area contributed by atoms with Gasteiger partial charge in [0.1, 0.15) is 0 Å². The first-order valence-electron chi connectivity index (χ1n) is 9.40. The van der Waals surface area contributed by atoms with Crippen molar-refractivity contribution in [3.05, 3.63) is 52.3 Å². The molecule has 0 atom stereocenters. The van der Waals surface area contributed by atoms with Crippen molar-refractivity contribution in [1.82, 2.24) is 8.87 Å². The molecule has 0 spiro atoms. The van der Waals surface area contributed by atoms with Crippen LogP contribution in [0.15, 0.2) is 29.2 Å². The average Bonchev–Trinajstić information content (AvgIpc) is 2.94. The molecular formula is C21H28N2O5S. The van der Waals surface area contributed by atoms with Crippen LogP contribution < -0.4 is 0 Å². The monoisotopic (exact) mass is 420 g/mol. The van der Waals surface area contributed by atoms with Gasteiger partial charge in [-0.1, -0.05) is 13.0 Å². The topological polar surface area (TPSA) is 85.7 Å². The minimum Gasteiger partial charge on any atom is -0.454 e. The summed E-state index contributed by atoms with van der Waals surface area (Å²) in [4.78, 5) is 25.1. The molecule has 0 aliphatic rings. The van der Waals surface area contributed by atoms with Crippen molar-refractivity contribution in [3.8, 4) is 0 Å². The van der Waals surface area contributed by atoms with E-state index >= 15 is 0 Å². The molecule has 8 heteroatoms. The number of hydrogen-bond acceptors (Lipinski definition) is 5. The number of rotatable bonds is 8. The smallest absolute Gasteiger partial charge is 0.338 e. The molecule has 1 aromatic carbocycles. The Balaban J connectivity index is 2.20. The first-order chi connectivity index (χ1) is 13.5. The van der Waals surface area contributed by atoms with E-state index in [2.05, 4.69) is 11.5 Å². The van der Waals surface area contributed by atoms with Crippen molar-refractivity contribution < 1.29 is 22.7 Å². The van der Waals surface area contributed by atoms with Gasteiger partial charge in [0, 0.05) is 37.6 Å². The Morgan fingerprint density at radius 2 is 1.72 bits per heavy atom. The molecule has 2 aromatic rings. The van der Waals surface area contributed by atoms with Gasteiger partial charge in [-0.05, 0) is 51.0 Å². The van der Waals surface area contributed by atoms with Gasteiger partial charge >= 0.3 is 5.97 Å². The number of ether oxygens (including phenoxy) is 1. The lowest BCUT2D eigenvalue weighted by Crippen LogP contribution is -2.23. The quantitative estimate of drug-likeness (QED) is 0.484. The summed E-state index contributed by atoms with van der Waals surface area (Å²) in [6.07, 6.45) is 0.949. The van der Waals surface area contributed by atoms with Gasteiger partial charge < -0.3 is 9.30 Å². The largest absolute Gasteiger partial charge is 0.454 e. The maximum absolute atomic E-state index is 12.6. The van der Waals surface area contributed by atoms with Gasteiger partial charge in [0.05, 0.1) is 10.5 Å². The minimum absolute atomic E-state index is 0.00510. The van der Waals surface area contributed by atoms with Crippen LogP contribution >= 0.6 is 0 Å². The Kier molecular flexibility index (Phi) is 7.02. The molecule has 1 aromatic heterocycles. The highest BCUT2D eigenvalue weighted by Crippen LogP contribution is 2.20. The van der Waals surface area contributed by atoms with Crippen LogP contribution in [-0.4, -0.2) is 49.7 Å². The number of esters is 1. The summed E-state index contributed by atoms with van der Waals surface area (Å²) in [5.41, 5.74) is 3.06. The van der Waals surface area contributed by atoms with Crippen LogP contribution in [0.3, 0.4) is 0 Å². The average molecular weight is 421 g/mol. The van der Waals surface area contributed by atoms with E-state index in [1.54, 1.807) is 19.1 Å². The van der Waals surface area contributed by atoms with Crippen LogP contribution in [0.2, 0.25) is 0 Å². The summed E-state index contributed by atoms with van der Waals surface area (Å²) in [6, 6.07) is 6.07.